The molecule has 4 aromatic rings. The molecule has 0 amide bonds. The third-order valence-electron chi connectivity index (χ3n) is 5.51. The maximum atomic E-state index is 13.5. The highest BCUT2D eigenvalue weighted by molar-refractivity contribution is 8.08. The van der Waals surface area contributed by atoms with Gasteiger partial charge in [-0.05, 0) is 12.1 Å². The summed E-state index contributed by atoms with van der Waals surface area (Å²) >= 11 is 4.58. The Labute approximate surface area is 208 Å². The molecule has 3 heterocycles. The summed E-state index contributed by atoms with van der Waals surface area (Å²) < 4.78 is 9.87. The largest absolute Gasteiger partial charge is 0.468 e. The van der Waals surface area contributed by atoms with Gasteiger partial charge >= 0.3 is 5.97 Å². The van der Waals surface area contributed by atoms with Crippen LogP contribution in [0, 0.1) is 0 Å². The fraction of sp³-hybridized carbons (Fsp3) is 0.160. The molecule has 0 N–H and O–H groups in total. The summed E-state index contributed by atoms with van der Waals surface area (Å²) in [6.07, 6.45) is 4.02. The van der Waals surface area contributed by atoms with Crippen LogP contribution in [0.1, 0.15) is 10.6 Å². The molecule has 9 heteroatoms. The number of hydrogen-bond acceptors (Lipinski definition) is 7. The number of benzene rings is 2. The highest BCUT2D eigenvalue weighted by Gasteiger charge is 2.25. The van der Waals surface area contributed by atoms with Crippen LogP contribution in [-0.4, -0.2) is 24.7 Å². The minimum absolute atomic E-state index is 0.129. The number of nitrogens with zero attached hydrogens (tertiary/aromatic N) is 3. The van der Waals surface area contributed by atoms with E-state index in [9.17, 15) is 9.59 Å². The van der Waals surface area contributed by atoms with E-state index >= 15 is 0 Å². The van der Waals surface area contributed by atoms with Gasteiger partial charge in [-0.2, -0.15) is 4.57 Å². The lowest BCUT2D eigenvalue weighted by molar-refractivity contribution is -0.685. The second-order valence-corrected chi connectivity index (χ2v) is 10.7. The van der Waals surface area contributed by atoms with Crippen molar-refractivity contribution < 1.29 is 14.1 Å². The molecule has 1 aliphatic heterocycles. The van der Waals surface area contributed by atoms with Crippen molar-refractivity contribution in [3.63, 3.8) is 0 Å². The fourth-order valence-corrected chi connectivity index (χ4v) is 7.01. The van der Waals surface area contributed by atoms with Gasteiger partial charge in [0.1, 0.15) is 20.8 Å². The number of fused-ring (bicyclic) bond motifs is 1. The molecule has 0 unspecified atom stereocenters. The molecular weight excluding hydrogens is 486 g/mol. The molecule has 0 saturated heterocycles. The molecule has 0 fully saturated rings. The van der Waals surface area contributed by atoms with E-state index in [-0.39, 0.29) is 12.1 Å². The van der Waals surface area contributed by atoms with Gasteiger partial charge in [0.2, 0.25) is 0 Å². The van der Waals surface area contributed by atoms with Crippen LogP contribution in [0.5, 0.6) is 0 Å². The quantitative estimate of drug-likeness (QED) is 0.307. The van der Waals surface area contributed by atoms with E-state index in [1.165, 1.54) is 28.6 Å². The van der Waals surface area contributed by atoms with Crippen molar-refractivity contribution in [2.45, 2.75) is 18.0 Å². The van der Waals surface area contributed by atoms with Gasteiger partial charge in [-0.25, -0.2) is 0 Å². The van der Waals surface area contributed by atoms with Crippen LogP contribution in [0.25, 0.3) is 11.1 Å². The third-order valence-corrected chi connectivity index (χ3v) is 8.85. The number of para-hydroxylation sites is 1. The van der Waals surface area contributed by atoms with Crippen molar-refractivity contribution in [2.75, 3.05) is 19.1 Å². The average molecular weight is 509 g/mol. The number of thiazole rings is 2. The molecule has 1 aliphatic rings. The number of rotatable bonds is 5. The third kappa shape index (κ3) is 4.34. The van der Waals surface area contributed by atoms with Gasteiger partial charge in [0, 0.05) is 17.5 Å². The van der Waals surface area contributed by atoms with E-state index < -0.39 is 5.97 Å². The number of esters is 1. The Bertz CT molecular complexity index is 1540. The van der Waals surface area contributed by atoms with E-state index in [1.54, 1.807) is 23.1 Å². The molecule has 0 bridgehead atoms. The maximum absolute atomic E-state index is 13.5. The first-order valence-electron chi connectivity index (χ1n) is 10.6. The molecule has 5 rings (SSSR count). The SMILES string of the molecule is COC(=O)Cn1c(=Cc2scc[n+]2Cc2ccccc2)sc(=C2Sc3ccccc3N2C)c1=O. The molecule has 2 aromatic carbocycles. The van der Waals surface area contributed by atoms with Crippen LogP contribution in [-0.2, 0) is 22.6 Å². The Morgan fingerprint density at radius 2 is 1.88 bits per heavy atom. The Morgan fingerprint density at radius 3 is 2.65 bits per heavy atom. The molecule has 34 heavy (non-hydrogen) atoms. The fourth-order valence-electron chi connectivity index (χ4n) is 3.76. The normalized spacial score (nSPS) is 15.0. The average Bonchev–Trinajstić information content (AvgIpc) is 3.52. The van der Waals surface area contributed by atoms with Crippen LogP contribution in [0.4, 0.5) is 5.69 Å². The first-order valence-corrected chi connectivity index (χ1v) is 13.1. The van der Waals surface area contributed by atoms with E-state index in [2.05, 4.69) is 22.8 Å². The standard InChI is InChI=1S/C25H22N3O3S3/c1-26-18-10-6-7-11-19(18)33-25(26)23-24(30)28(16-22(29)31-2)21(34-23)14-20-27(12-13-32-20)15-17-8-4-3-5-9-17/h3-14H,15-16H2,1-2H3/q+1. The lowest BCUT2D eigenvalue weighted by Gasteiger charge is -2.11. The number of hydrogen-bond donors (Lipinski definition) is 0. The minimum Gasteiger partial charge on any atom is -0.468 e. The summed E-state index contributed by atoms with van der Waals surface area (Å²) in [4.78, 5) is 28.8. The highest BCUT2D eigenvalue weighted by Crippen LogP contribution is 2.44. The summed E-state index contributed by atoms with van der Waals surface area (Å²) in [5.41, 5.74) is 2.07. The summed E-state index contributed by atoms with van der Waals surface area (Å²) in [6, 6.07) is 18.3. The Hall–Kier alpha value is -3.14. The van der Waals surface area contributed by atoms with Crippen molar-refractivity contribution in [1.29, 1.82) is 0 Å². The molecule has 6 nitrogen and oxygen atoms in total. The predicted molar refractivity (Wildman–Crippen MR) is 138 cm³/mol. The summed E-state index contributed by atoms with van der Waals surface area (Å²) in [5, 5.41) is 3.90. The lowest BCUT2D eigenvalue weighted by Crippen LogP contribution is -2.37. The van der Waals surface area contributed by atoms with E-state index in [0.29, 0.717) is 9.20 Å². The molecule has 0 spiro atoms. The van der Waals surface area contributed by atoms with Gasteiger partial charge in [-0.1, -0.05) is 65.6 Å². The van der Waals surface area contributed by atoms with Gasteiger partial charge in [0.05, 0.1) is 24.3 Å². The second kappa shape index (κ2) is 9.61. The smallest absolute Gasteiger partial charge is 0.325 e. The van der Waals surface area contributed by atoms with Gasteiger partial charge < -0.3 is 9.64 Å². The van der Waals surface area contributed by atoms with Crippen molar-refractivity contribution in [3.8, 4) is 0 Å². The Kier molecular flexibility index (Phi) is 6.40. The number of aromatic nitrogens is 2. The Morgan fingerprint density at radius 1 is 1.12 bits per heavy atom. The summed E-state index contributed by atoms with van der Waals surface area (Å²) in [7, 11) is 3.30. The van der Waals surface area contributed by atoms with Crippen LogP contribution in [0.3, 0.4) is 0 Å². The molecule has 0 saturated carbocycles. The van der Waals surface area contributed by atoms with Gasteiger partial charge in [-0.3, -0.25) is 14.2 Å². The second-order valence-electron chi connectivity index (χ2n) is 7.67. The van der Waals surface area contributed by atoms with Crippen molar-refractivity contribution >= 4 is 57.2 Å². The van der Waals surface area contributed by atoms with Crippen LogP contribution < -0.4 is 24.2 Å². The van der Waals surface area contributed by atoms with E-state index in [4.69, 9.17) is 4.74 Å². The molecule has 2 aromatic heterocycles. The van der Waals surface area contributed by atoms with Crippen LogP contribution in [0.2, 0.25) is 0 Å². The van der Waals surface area contributed by atoms with Crippen LogP contribution in [0.15, 0.2) is 75.9 Å². The van der Waals surface area contributed by atoms with E-state index in [0.717, 1.165) is 27.2 Å². The topological polar surface area (TPSA) is 55.4 Å². The molecule has 0 atom stereocenters. The summed E-state index contributed by atoms with van der Waals surface area (Å²) in [5.74, 6) is -0.454. The predicted octanol–water partition coefficient (Wildman–Crippen LogP) is 2.62. The zero-order chi connectivity index (χ0) is 23.7. The maximum Gasteiger partial charge on any atom is 0.325 e. The molecule has 172 valence electrons. The van der Waals surface area contributed by atoms with Crippen molar-refractivity contribution in [3.05, 3.63) is 96.3 Å². The lowest BCUT2D eigenvalue weighted by atomic mass is 10.2. The first-order chi connectivity index (χ1) is 16.5. The molecular formula is C25H22N3O3S3+. The number of carbonyl (C=O) groups excluding carboxylic acids is 1. The van der Waals surface area contributed by atoms with Gasteiger partial charge in [0.15, 0.2) is 12.7 Å². The Balaban J connectivity index is 1.64. The number of carbonyl (C=O) groups is 1. The zero-order valence-corrected chi connectivity index (χ0v) is 21.1. The number of thioether (sulfide) groups is 1. The van der Waals surface area contributed by atoms with Crippen LogP contribution >= 0.6 is 34.4 Å². The minimum atomic E-state index is -0.454. The highest BCUT2D eigenvalue weighted by atomic mass is 32.2. The number of anilines is 1. The number of methoxy groups -OCH3 is 1. The van der Waals surface area contributed by atoms with Gasteiger partial charge in [0.25, 0.3) is 10.6 Å². The van der Waals surface area contributed by atoms with Crippen molar-refractivity contribution in [1.82, 2.24) is 4.57 Å². The zero-order valence-electron chi connectivity index (χ0n) is 18.6. The molecule has 0 aliphatic carbocycles. The first kappa shape index (κ1) is 22.6. The monoisotopic (exact) mass is 508 g/mol. The summed E-state index contributed by atoms with van der Waals surface area (Å²) in [6.45, 7) is 0.594. The van der Waals surface area contributed by atoms with Crippen molar-refractivity contribution in [2.24, 2.45) is 0 Å². The van der Waals surface area contributed by atoms with Gasteiger partial charge in [-0.15, -0.1) is 11.3 Å². The van der Waals surface area contributed by atoms with E-state index in [1.807, 2.05) is 66.0 Å². The number of ether oxygens (including phenoxy) is 1. The molecule has 0 radical (unpaired) electrons.